The molecule has 0 radical (unpaired) electrons. The number of nitrogen functional groups attached to an aromatic ring is 1. The van der Waals surface area contributed by atoms with Crippen LogP contribution in [0.25, 0.3) is 0 Å². The summed E-state index contributed by atoms with van der Waals surface area (Å²) >= 11 is 5.82. The zero-order valence-electron chi connectivity index (χ0n) is 9.90. The van der Waals surface area contributed by atoms with Gasteiger partial charge in [0.2, 0.25) is 0 Å². The molecule has 1 rings (SSSR count). The molecule has 4 nitrogen and oxygen atoms in total. The van der Waals surface area contributed by atoms with E-state index in [2.05, 4.69) is 5.32 Å². The molecule has 2 unspecified atom stereocenters. The Labute approximate surface area is 106 Å². The maximum Gasteiger partial charge on any atom is 0.251 e. The molecule has 4 N–H and O–H groups in total. The van der Waals surface area contributed by atoms with Crippen molar-refractivity contribution in [2.24, 2.45) is 5.92 Å². The van der Waals surface area contributed by atoms with Crippen LogP contribution < -0.4 is 11.1 Å². The lowest BCUT2D eigenvalue weighted by Gasteiger charge is -2.19. The second-order valence-corrected chi connectivity index (χ2v) is 4.63. The van der Waals surface area contributed by atoms with Gasteiger partial charge in [-0.1, -0.05) is 18.5 Å². The van der Waals surface area contributed by atoms with Gasteiger partial charge in [0.25, 0.3) is 5.91 Å². The Morgan fingerprint density at radius 1 is 1.47 bits per heavy atom. The fourth-order valence-electron chi connectivity index (χ4n) is 1.33. The van der Waals surface area contributed by atoms with Gasteiger partial charge in [-0.15, -0.1) is 0 Å². The van der Waals surface area contributed by atoms with Crippen LogP contribution in [0.1, 0.15) is 24.2 Å². The number of carbonyl (C=O) groups excluding carboxylic acids is 1. The van der Waals surface area contributed by atoms with Gasteiger partial charge in [-0.2, -0.15) is 0 Å². The number of nitrogens with two attached hydrogens (primary N) is 1. The highest BCUT2D eigenvalue weighted by Crippen LogP contribution is 2.16. The first kappa shape index (κ1) is 13.8. The minimum absolute atomic E-state index is 0.00418. The Morgan fingerprint density at radius 3 is 2.65 bits per heavy atom. The molecular weight excluding hydrogens is 240 g/mol. The van der Waals surface area contributed by atoms with Gasteiger partial charge < -0.3 is 16.2 Å². The number of rotatable bonds is 4. The zero-order valence-corrected chi connectivity index (χ0v) is 10.7. The molecule has 0 fully saturated rings. The van der Waals surface area contributed by atoms with Crippen LogP contribution in [0.15, 0.2) is 18.2 Å². The molecule has 0 aromatic heterocycles. The van der Waals surface area contributed by atoms with E-state index in [9.17, 15) is 4.79 Å². The molecule has 2 atom stereocenters. The van der Waals surface area contributed by atoms with E-state index in [4.69, 9.17) is 22.4 Å². The lowest BCUT2D eigenvalue weighted by molar-refractivity contribution is 0.0916. The quantitative estimate of drug-likeness (QED) is 0.718. The Bertz CT molecular complexity index is 389. The van der Waals surface area contributed by atoms with Crippen molar-refractivity contribution < 1.29 is 9.90 Å². The van der Waals surface area contributed by atoms with Crippen LogP contribution in [-0.2, 0) is 0 Å². The van der Waals surface area contributed by atoms with E-state index >= 15 is 0 Å². The molecule has 1 aromatic carbocycles. The van der Waals surface area contributed by atoms with Gasteiger partial charge in [0.1, 0.15) is 0 Å². The number of anilines is 1. The number of benzene rings is 1. The number of aliphatic hydroxyl groups is 1. The van der Waals surface area contributed by atoms with Crippen molar-refractivity contribution in [3.63, 3.8) is 0 Å². The van der Waals surface area contributed by atoms with Crippen LogP contribution in [0.3, 0.4) is 0 Å². The third-order valence-electron chi connectivity index (χ3n) is 2.68. The number of nitrogens with one attached hydrogen (secondary N) is 1. The van der Waals surface area contributed by atoms with Crippen molar-refractivity contribution in [1.29, 1.82) is 0 Å². The summed E-state index contributed by atoms with van der Waals surface area (Å²) in [7, 11) is 0. The number of aliphatic hydroxyl groups excluding tert-OH is 1. The third kappa shape index (κ3) is 3.91. The fraction of sp³-hybridized carbons (Fsp3) is 0.417. The Kier molecular flexibility index (Phi) is 4.78. The molecule has 1 aromatic rings. The first-order valence-electron chi connectivity index (χ1n) is 5.42. The van der Waals surface area contributed by atoms with E-state index in [-0.39, 0.29) is 24.5 Å². The van der Waals surface area contributed by atoms with Crippen LogP contribution in [0, 0.1) is 5.92 Å². The zero-order chi connectivity index (χ0) is 13.0. The van der Waals surface area contributed by atoms with Crippen LogP contribution in [0.2, 0.25) is 5.02 Å². The molecule has 0 spiro atoms. The number of hydrogen-bond donors (Lipinski definition) is 3. The Hall–Kier alpha value is -1.26. The minimum Gasteiger partial charge on any atom is -0.399 e. The normalized spacial score (nSPS) is 14.1. The maximum atomic E-state index is 11.9. The number of hydrogen-bond acceptors (Lipinski definition) is 3. The third-order valence-corrected chi connectivity index (χ3v) is 2.90. The van der Waals surface area contributed by atoms with E-state index < -0.39 is 0 Å². The molecule has 17 heavy (non-hydrogen) atoms. The highest BCUT2D eigenvalue weighted by atomic mass is 35.5. The molecule has 0 saturated carbocycles. The molecule has 0 heterocycles. The number of amides is 1. The lowest BCUT2D eigenvalue weighted by Crippen LogP contribution is -2.38. The average Bonchev–Trinajstić information content (AvgIpc) is 2.26. The standard InChI is InChI=1S/C12H17ClN2O2/c1-7(6-16)8(2)15-12(17)9-3-10(13)5-11(14)4-9/h3-5,7-8,16H,6,14H2,1-2H3,(H,15,17). The maximum absolute atomic E-state index is 11.9. The highest BCUT2D eigenvalue weighted by Gasteiger charge is 2.15. The van der Waals surface area contributed by atoms with E-state index in [0.717, 1.165) is 0 Å². The predicted molar refractivity (Wildman–Crippen MR) is 69.0 cm³/mol. The number of halogens is 1. The largest absolute Gasteiger partial charge is 0.399 e. The molecule has 0 aliphatic heterocycles. The van der Waals surface area contributed by atoms with Crippen molar-refractivity contribution in [3.8, 4) is 0 Å². The van der Waals surface area contributed by atoms with Crippen molar-refractivity contribution >= 4 is 23.2 Å². The van der Waals surface area contributed by atoms with E-state index in [1.807, 2.05) is 13.8 Å². The van der Waals surface area contributed by atoms with Gasteiger partial charge in [0, 0.05) is 28.9 Å². The summed E-state index contributed by atoms with van der Waals surface area (Å²) in [6.45, 7) is 3.73. The molecule has 0 saturated heterocycles. The monoisotopic (exact) mass is 256 g/mol. The molecule has 0 bridgehead atoms. The molecule has 5 heteroatoms. The van der Waals surface area contributed by atoms with Crippen molar-refractivity contribution in [1.82, 2.24) is 5.32 Å². The van der Waals surface area contributed by atoms with Crippen LogP contribution in [0.4, 0.5) is 5.69 Å². The summed E-state index contributed by atoms with van der Waals surface area (Å²) in [5, 5.41) is 12.2. The van der Waals surface area contributed by atoms with Crippen LogP contribution in [-0.4, -0.2) is 23.7 Å². The fourth-order valence-corrected chi connectivity index (χ4v) is 1.58. The molecular formula is C12H17ClN2O2. The smallest absolute Gasteiger partial charge is 0.251 e. The second-order valence-electron chi connectivity index (χ2n) is 4.20. The predicted octanol–water partition coefficient (Wildman–Crippen LogP) is 1.67. The average molecular weight is 257 g/mol. The highest BCUT2D eigenvalue weighted by molar-refractivity contribution is 6.31. The Balaban J connectivity index is 2.76. The summed E-state index contributed by atoms with van der Waals surface area (Å²) < 4.78 is 0. The SMILES string of the molecule is CC(CO)C(C)NC(=O)c1cc(N)cc(Cl)c1. The summed E-state index contributed by atoms with van der Waals surface area (Å²) in [5.41, 5.74) is 6.48. The number of carbonyl (C=O) groups is 1. The molecule has 94 valence electrons. The summed E-state index contributed by atoms with van der Waals surface area (Å²) in [4.78, 5) is 11.9. The lowest BCUT2D eigenvalue weighted by atomic mass is 10.0. The molecule has 0 aliphatic carbocycles. The second kappa shape index (κ2) is 5.89. The molecule has 1 amide bonds. The van der Waals surface area contributed by atoms with Crippen molar-refractivity contribution in [3.05, 3.63) is 28.8 Å². The van der Waals surface area contributed by atoms with E-state index in [0.29, 0.717) is 16.3 Å². The van der Waals surface area contributed by atoms with E-state index in [1.54, 1.807) is 18.2 Å². The molecule has 0 aliphatic rings. The first-order chi connectivity index (χ1) is 7.93. The minimum atomic E-state index is -0.244. The topological polar surface area (TPSA) is 75.3 Å². The first-order valence-corrected chi connectivity index (χ1v) is 5.79. The van der Waals surface area contributed by atoms with Crippen LogP contribution in [0.5, 0.6) is 0 Å². The summed E-state index contributed by atoms with van der Waals surface area (Å²) in [6.07, 6.45) is 0. The Morgan fingerprint density at radius 2 is 2.12 bits per heavy atom. The van der Waals surface area contributed by atoms with Gasteiger partial charge in [-0.25, -0.2) is 0 Å². The van der Waals surface area contributed by atoms with E-state index in [1.165, 1.54) is 0 Å². The van der Waals surface area contributed by atoms with Gasteiger partial charge in [-0.3, -0.25) is 4.79 Å². The van der Waals surface area contributed by atoms with Crippen molar-refractivity contribution in [2.45, 2.75) is 19.9 Å². The van der Waals surface area contributed by atoms with Gasteiger partial charge in [-0.05, 0) is 31.0 Å². The van der Waals surface area contributed by atoms with Gasteiger partial charge >= 0.3 is 0 Å². The summed E-state index contributed by atoms with van der Waals surface area (Å²) in [5.74, 6) is -0.248. The van der Waals surface area contributed by atoms with Gasteiger partial charge in [0.15, 0.2) is 0 Å². The van der Waals surface area contributed by atoms with Crippen molar-refractivity contribution in [2.75, 3.05) is 12.3 Å². The van der Waals surface area contributed by atoms with Crippen LogP contribution >= 0.6 is 11.6 Å². The van der Waals surface area contributed by atoms with Gasteiger partial charge in [0.05, 0.1) is 0 Å². The summed E-state index contributed by atoms with van der Waals surface area (Å²) in [6, 6.07) is 4.59.